The number of esters is 1. The number of para-hydroxylation sites is 1. The zero-order chi connectivity index (χ0) is 20.4. The van der Waals surface area contributed by atoms with E-state index in [0.29, 0.717) is 17.3 Å². The van der Waals surface area contributed by atoms with Crippen molar-refractivity contribution in [1.29, 1.82) is 0 Å². The monoisotopic (exact) mass is 382 g/mol. The third-order valence-electron chi connectivity index (χ3n) is 4.60. The van der Waals surface area contributed by atoms with Gasteiger partial charge in [-0.1, -0.05) is 25.1 Å². The first-order valence-corrected chi connectivity index (χ1v) is 9.57. The Bertz CT molecular complexity index is 1060. The quantitative estimate of drug-likeness (QED) is 0.608. The second-order valence-electron chi connectivity index (χ2n) is 6.85. The highest BCUT2D eigenvalue weighted by Gasteiger charge is 2.28. The highest BCUT2D eigenvalue weighted by atomic mass is 16.5. The summed E-state index contributed by atoms with van der Waals surface area (Å²) in [6, 6.07) is 11.4. The van der Waals surface area contributed by atoms with E-state index >= 15 is 0 Å². The number of nitrogens with zero attached hydrogens (tertiary/aromatic N) is 2. The van der Waals surface area contributed by atoms with Crippen LogP contribution in [0.4, 0.5) is 0 Å². The maximum absolute atomic E-state index is 13.6. The molecule has 6 nitrogen and oxygen atoms in total. The van der Waals surface area contributed by atoms with Crippen molar-refractivity contribution in [3.05, 3.63) is 58.1 Å². The number of hydrogen-bond donors (Lipinski definition) is 0. The van der Waals surface area contributed by atoms with Crippen molar-refractivity contribution in [1.82, 2.24) is 9.13 Å². The average molecular weight is 382 g/mol. The molecule has 28 heavy (non-hydrogen) atoms. The first-order chi connectivity index (χ1) is 13.4. The third-order valence-corrected chi connectivity index (χ3v) is 4.60. The van der Waals surface area contributed by atoms with Crippen LogP contribution in [-0.4, -0.2) is 27.8 Å². The van der Waals surface area contributed by atoms with Crippen LogP contribution < -0.4 is 10.3 Å². The first-order valence-electron chi connectivity index (χ1n) is 9.57. The smallest absolute Gasteiger partial charge is 0.358 e. The zero-order valence-corrected chi connectivity index (χ0v) is 17.0. The van der Waals surface area contributed by atoms with Gasteiger partial charge in [-0.2, -0.15) is 0 Å². The Morgan fingerprint density at radius 1 is 1.14 bits per heavy atom. The Labute approximate surface area is 164 Å². The lowest BCUT2D eigenvalue weighted by molar-refractivity contribution is 0.0509. The number of hydrogen-bond acceptors (Lipinski definition) is 4. The molecule has 2 heterocycles. The number of ether oxygens (including phenoxy) is 2. The van der Waals surface area contributed by atoms with E-state index in [-0.39, 0.29) is 29.7 Å². The van der Waals surface area contributed by atoms with Gasteiger partial charge in [0.25, 0.3) is 5.56 Å². The summed E-state index contributed by atoms with van der Waals surface area (Å²) in [6.45, 7) is 7.73. The van der Waals surface area contributed by atoms with Crippen LogP contribution in [0.2, 0.25) is 0 Å². The van der Waals surface area contributed by atoms with Crippen molar-refractivity contribution in [3.63, 3.8) is 0 Å². The second-order valence-corrected chi connectivity index (χ2v) is 6.85. The van der Waals surface area contributed by atoms with E-state index in [1.807, 2.05) is 57.2 Å². The van der Waals surface area contributed by atoms with Crippen molar-refractivity contribution in [3.8, 4) is 11.4 Å². The predicted octanol–water partition coefficient (Wildman–Crippen LogP) is 3.86. The van der Waals surface area contributed by atoms with Gasteiger partial charge in [0.15, 0.2) is 11.4 Å². The van der Waals surface area contributed by atoms with E-state index in [4.69, 9.17) is 9.47 Å². The summed E-state index contributed by atoms with van der Waals surface area (Å²) in [5.74, 6) is -0.219. The number of benzene rings is 1. The molecule has 1 aromatic carbocycles. The van der Waals surface area contributed by atoms with Crippen LogP contribution in [0.25, 0.3) is 16.6 Å². The Morgan fingerprint density at radius 3 is 2.39 bits per heavy atom. The topological polar surface area (TPSA) is 62.5 Å². The van der Waals surface area contributed by atoms with Gasteiger partial charge in [0.1, 0.15) is 5.39 Å². The van der Waals surface area contributed by atoms with Crippen molar-refractivity contribution in [2.24, 2.45) is 7.05 Å². The number of fused-ring (bicyclic) bond motifs is 1. The minimum atomic E-state index is -0.499. The minimum Gasteiger partial charge on any atom is -0.488 e. The molecular formula is C22H26N2O4. The molecule has 0 fully saturated rings. The third kappa shape index (κ3) is 3.30. The summed E-state index contributed by atoms with van der Waals surface area (Å²) in [6.07, 6.45) is 0.467. The molecule has 0 atom stereocenters. The Kier molecular flexibility index (Phi) is 5.58. The molecule has 0 N–H and O–H groups in total. The van der Waals surface area contributed by atoms with Gasteiger partial charge in [0.05, 0.1) is 18.2 Å². The van der Waals surface area contributed by atoms with Gasteiger partial charge in [-0.15, -0.1) is 0 Å². The molecule has 148 valence electrons. The van der Waals surface area contributed by atoms with Gasteiger partial charge in [-0.3, -0.25) is 9.36 Å². The molecule has 0 aliphatic rings. The Morgan fingerprint density at radius 2 is 1.82 bits per heavy atom. The fraction of sp³-hybridized carbons (Fsp3) is 0.364. The molecule has 0 aliphatic carbocycles. The zero-order valence-electron chi connectivity index (χ0n) is 17.0. The van der Waals surface area contributed by atoms with Crippen LogP contribution in [0.5, 0.6) is 5.75 Å². The maximum atomic E-state index is 13.6. The van der Waals surface area contributed by atoms with E-state index < -0.39 is 5.97 Å². The Hall–Kier alpha value is -3.02. The molecule has 0 radical (unpaired) electrons. The van der Waals surface area contributed by atoms with E-state index in [2.05, 4.69) is 0 Å². The molecule has 0 saturated carbocycles. The van der Waals surface area contributed by atoms with Gasteiger partial charge >= 0.3 is 5.97 Å². The fourth-order valence-corrected chi connectivity index (χ4v) is 3.42. The van der Waals surface area contributed by atoms with Crippen molar-refractivity contribution >= 4 is 16.9 Å². The maximum Gasteiger partial charge on any atom is 0.358 e. The molecule has 0 bridgehead atoms. The van der Waals surface area contributed by atoms with Crippen LogP contribution in [-0.2, 0) is 18.2 Å². The van der Waals surface area contributed by atoms with E-state index in [0.717, 1.165) is 11.4 Å². The minimum absolute atomic E-state index is 0.200. The van der Waals surface area contributed by atoms with Crippen molar-refractivity contribution in [2.75, 3.05) is 6.61 Å². The SMILES string of the molecule is CCOC(=O)c1c(OC(C)C)c2c(=O)n(-c3ccccc3)c(CC)cc2n1C. The van der Waals surface area contributed by atoms with Crippen LogP contribution in [0.3, 0.4) is 0 Å². The number of rotatable bonds is 6. The van der Waals surface area contributed by atoms with Gasteiger partial charge in [-0.25, -0.2) is 4.79 Å². The van der Waals surface area contributed by atoms with Crippen LogP contribution in [0, 0.1) is 0 Å². The summed E-state index contributed by atoms with van der Waals surface area (Å²) >= 11 is 0. The van der Waals surface area contributed by atoms with Gasteiger partial charge in [-0.05, 0) is 45.4 Å². The summed E-state index contributed by atoms with van der Waals surface area (Å²) in [4.78, 5) is 26.2. The molecule has 3 aromatic rings. The predicted molar refractivity (Wildman–Crippen MR) is 110 cm³/mol. The van der Waals surface area contributed by atoms with Crippen molar-refractivity contribution < 1.29 is 14.3 Å². The molecule has 6 heteroatoms. The fourth-order valence-electron chi connectivity index (χ4n) is 3.42. The molecule has 0 amide bonds. The van der Waals surface area contributed by atoms with E-state index in [9.17, 15) is 9.59 Å². The lowest BCUT2D eigenvalue weighted by atomic mass is 10.2. The summed E-state index contributed by atoms with van der Waals surface area (Å²) in [5, 5.41) is 0.389. The number of aromatic nitrogens is 2. The Balaban J connectivity index is 2.43. The molecule has 0 spiro atoms. The number of carbonyl (C=O) groups is 1. The van der Waals surface area contributed by atoms with E-state index in [1.54, 1.807) is 23.1 Å². The molecule has 0 aliphatic heterocycles. The van der Waals surface area contributed by atoms with Gasteiger partial charge in [0, 0.05) is 18.4 Å². The normalized spacial score (nSPS) is 11.2. The summed E-state index contributed by atoms with van der Waals surface area (Å²) in [7, 11) is 1.76. The van der Waals surface area contributed by atoms with Gasteiger partial charge in [0.2, 0.25) is 0 Å². The lowest BCUT2D eigenvalue weighted by Gasteiger charge is -2.14. The molecule has 0 saturated heterocycles. The van der Waals surface area contributed by atoms with E-state index in [1.165, 1.54) is 0 Å². The van der Waals surface area contributed by atoms with Crippen LogP contribution in [0.1, 0.15) is 43.9 Å². The van der Waals surface area contributed by atoms with Crippen LogP contribution >= 0.6 is 0 Å². The summed E-state index contributed by atoms with van der Waals surface area (Å²) < 4.78 is 14.6. The molecule has 0 unspecified atom stereocenters. The second kappa shape index (κ2) is 7.92. The number of pyridine rings is 1. The molecular weight excluding hydrogens is 356 g/mol. The highest BCUT2D eigenvalue weighted by Crippen LogP contribution is 2.33. The molecule has 2 aromatic heterocycles. The standard InChI is InChI=1S/C22H26N2O4/c1-6-15-13-17-18(21(25)24(15)16-11-9-8-10-12-16)20(28-14(3)4)19(23(17)5)22(26)27-7-2/h8-14H,6-7H2,1-5H3. The van der Waals surface area contributed by atoms with Crippen molar-refractivity contribution in [2.45, 2.75) is 40.2 Å². The average Bonchev–Trinajstić information content (AvgIpc) is 2.93. The number of carbonyl (C=O) groups excluding carboxylic acids is 1. The van der Waals surface area contributed by atoms with Crippen LogP contribution in [0.15, 0.2) is 41.2 Å². The largest absolute Gasteiger partial charge is 0.488 e. The van der Waals surface area contributed by atoms with Gasteiger partial charge < -0.3 is 14.0 Å². The molecule has 3 rings (SSSR count). The lowest BCUT2D eigenvalue weighted by Crippen LogP contribution is -2.22. The highest BCUT2D eigenvalue weighted by molar-refractivity contribution is 6.01. The summed E-state index contributed by atoms with van der Waals surface area (Å²) in [5.41, 5.74) is 2.35. The first kappa shape index (κ1) is 19.7. The number of aryl methyl sites for hydroxylation is 2.